The van der Waals surface area contributed by atoms with E-state index >= 15 is 0 Å². The van der Waals surface area contributed by atoms with Crippen LogP contribution in [0.1, 0.15) is 40.5 Å². The van der Waals surface area contributed by atoms with E-state index in [-0.39, 0.29) is 23.3 Å². The molecular formula is C15H20N2O5S. The topological polar surface area (TPSA) is 104 Å². The summed E-state index contributed by atoms with van der Waals surface area (Å²) in [5.74, 6) is -1.16. The van der Waals surface area contributed by atoms with Gasteiger partial charge in [-0.15, -0.1) is 0 Å². The number of hydrogen-bond donors (Lipinski definition) is 2. The molecule has 1 aliphatic rings. The third kappa shape index (κ3) is 4.52. The van der Waals surface area contributed by atoms with Gasteiger partial charge >= 0.3 is 5.97 Å². The van der Waals surface area contributed by atoms with Crippen molar-refractivity contribution < 1.29 is 23.1 Å². The summed E-state index contributed by atoms with van der Waals surface area (Å²) in [4.78, 5) is 24.8. The molecule has 0 spiro atoms. The number of likely N-dealkylation sites (tertiary alicyclic amines) is 1. The van der Waals surface area contributed by atoms with Crippen molar-refractivity contribution in [2.45, 2.75) is 25.8 Å². The lowest BCUT2D eigenvalue weighted by Gasteiger charge is -2.32. The first-order chi connectivity index (χ1) is 10.8. The number of carboxylic acids is 1. The summed E-state index contributed by atoms with van der Waals surface area (Å²) in [7, 11) is -3.23. The molecule has 1 fully saturated rings. The van der Waals surface area contributed by atoms with Gasteiger partial charge in [-0.3, -0.25) is 4.79 Å². The minimum atomic E-state index is -3.23. The summed E-state index contributed by atoms with van der Waals surface area (Å²) in [6.45, 7) is 2.52. The fourth-order valence-electron chi connectivity index (χ4n) is 2.48. The van der Waals surface area contributed by atoms with Gasteiger partial charge in [-0.25, -0.2) is 17.9 Å². The molecule has 0 bridgehead atoms. The number of nitrogens with one attached hydrogen (secondary N) is 1. The second kappa shape index (κ2) is 7.10. The Bertz CT molecular complexity index is 676. The SMILES string of the molecule is CCS(=O)(=O)NC1CCN(C(=O)c2ccc(C(=O)O)cc2)CC1. The van der Waals surface area contributed by atoms with E-state index < -0.39 is 16.0 Å². The summed E-state index contributed by atoms with van der Waals surface area (Å²) in [5, 5.41) is 8.85. The molecular weight excluding hydrogens is 320 g/mol. The van der Waals surface area contributed by atoms with Gasteiger partial charge in [-0.05, 0) is 44.0 Å². The molecule has 2 rings (SSSR count). The molecule has 2 N–H and O–H groups in total. The quantitative estimate of drug-likeness (QED) is 0.830. The Morgan fingerprint density at radius 2 is 1.70 bits per heavy atom. The zero-order valence-corrected chi connectivity index (χ0v) is 13.7. The largest absolute Gasteiger partial charge is 0.478 e. The van der Waals surface area contributed by atoms with Gasteiger partial charge in [-0.1, -0.05) is 0 Å². The standard InChI is InChI=1S/C15H20N2O5S/c1-2-23(21,22)16-13-7-9-17(10-8-13)14(18)11-3-5-12(6-4-11)15(19)20/h3-6,13,16H,2,7-10H2,1H3,(H,19,20). The van der Waals surface area contributed by atoms with Crippen LogP contribution in [-0.4, -0.2) is 55.2 Å². The fraction of sp³-hybridized carbons (Fsp3) is 0.467. The van der Waals surface area contributed by atoms with Crippen LogP contribution in [0.5, 0.6) is 0 Å². The van der Waals surface area contributed by atoms with E-state index in [1.165, 1.54) is 24.3 Å². The molecule has 0 saturated carbocycles. The minimum absolute atomic E-state index is 0.0437. The minimum Gasteiger partial charge on any atom is -0.478 e. The van der Waals surface area contributed by atoms with Crippen LogP contribution in [0.15, 0.2) is 24.3 Å². The van der Waals surface area contributed by atoms with Crippen LogP contribution in [0.3, 0.4) is 0 Å². The van der Waals surface area contributed by atoms with Crippen molar-refractivity contribution in [2.24, 2.45) is 0 Å². The Kier molecular flexibility index (Phi) is 5.38. The third-order valence-corrected chi connectivity index (χ3v) is 5.34. The number of carbonyl (C=O) groups excluding carboxylic acids is 1. The average Bonchev–Trinajstić information content (AvgIpc) is 2.54. The molecule has 0 radical (unpaired) electrons. The van der Waals surface area contributed by atoms with Gasteiger partial charge in [0.2, 0.25) is 10.0 Å². The molecule has 1 amide bonds. The van der Waals surface area contributed by atoms with Crippen molar-refractivity contribution in [3.05, 3.63) is 35.4 Å². The van der Waals surface area contributed by atoms with Crippen molar-refractivity contribution in [3.63, 3.8) is 0 Å². The number of piperidine rings is 1. The number of amides is 1. The van der Waals surface area contributed by atoms with Crippen molar-refractivity contribution in [1.82, 2.24) is 9.62 Å². The van der Waals surface area contributed by atoms with E-state index in [2.05, 4.69) is 4.72 Å². The number of rotatable bonds is 5. The van der Waals surface area contributed by atoms with Crippen LogP contribution in [0.4, 0.5) is 0 Å². The highest BCUT2D eigenvalue weighted by molar-refractivity contribution is 7.89. The Hall–Kier alpha value is -1.93. The monoisotopic (exact) mass is 340 g/mol. The lowest BCUT2D eigenvalue weighted by molar-refractivity contribution is 0.0688. The van der Waals surface area contributed by atoms with E-state index in [4.69, 9.17) is 5.11 Å². The van der Waals surface area contributed by atoms with Crippen LogP contribution in [-0.2, 0) is 10.0 Å². The molecule has 23 heavy (non-hydrogen) atoms. The zero-order valence-electron chi connectivity index (χ0n) is 12.9. The van der Waals surface area contributed by atoms with Crippen LogP contribution in [0.25, 0.3) is 0 Å². The van der Waals surface area contributed by atoms with Gasteiger partial charge in [0.25, 0.3) is 5.91 Å². The Morgan fingerprint density at radius 1 is 1.17 bits per heavy atom. The number of carboxylic acid groups (broad SMARTS) is 1. The molecule has 1 aromatic rings. The van der Waals surface area contributed by atoms with Gasteiger partial charge in [0, 0.05) is 24.7 Å². The van der Waals surface area contributed by atoms with Gasteiger partial charge in [-0.2, -0.15) is 0 Å². The van der Waals surface area contributed by atoms with E-state index in [0.29, 0.717) is 31.5 Å². The number of sulfonamides is 1. The first-order valence-corrected chi connectivity index (χ1v) is 9.10. The number of aromatic carboxylic acids is 1. The predicted molar refractivity (Wildman–Crippen MR) is 84.9 cm³/mol. The van der Waals surface area contributed by atoms with Gasteiger partial charge < -0.3 is 10.0 Å². The summed E-state index contributed by atoms with van der Waals surface area (Å²) >= 11 is 0. The van der Waals surface area contributed by atoms with E-state index in [0.717, 1.165) is 0 Å². The number of hydrogen-bond acceptors (Lipinski definition) is 4. The second-order valence-electron chi connectivity index (χ2n) is 5.47. The number of nitrogens with zero attached hydrogens (tertiary/aromatic N) is 1. The molecule has 126 valence electrons. The van der Waals surface area contributed by atoms with E-state index in [1.807, 2.05) is 0 Å². The smallest absolute Gasteiger partial charge is 0.335 e. The Balaban J connectivity index is 1.94. The van der Waals surface area contributed by atoms with Crippen LogP contribution >= 0.6 is 0 Å². The van der Waals surface area contributed by atoms with Crippen LogP contribution in [0, 0.1) is 0 Å². The van der Waals surface area contributed by atoms with Crippen LogP contribution in [0.2, 0.25) is 0 Å². The Morgan fingerprint density at radius 3 is 2.17 bits per heavy atom. The first-order valence-electron chi connectivity index (χ1n) is 7.45. The van der Waals surface area contributed by atoms with E-state index in [1.54, 1.807) is 11.8 Å². The zero-order chi connectivity index (χ0) is 17.0. The Labute approximate surface area is 135 Å². The molecule has 1 aromatic carbocycles. The molecule has 0 aliphatic carbocycles. The van der Waals surface area contributed by atoms with Gasteiger partial charge in [0.15, 0.2) is 0 Å². The second-order valence-corrected chi connectivity index (χ2v) is 7.51. The maximum absolute atomic E-state index is 12.4. The molecule has 7 nitrogen and oxygen atoms in total. The summed E-state index contributed by atoms with van der Waals surface area (Å²) < 4.78 is 25.7. The van der Waals surface area contributed by atoms with Crippen molar-refractivity contribution in [1.29, 1.82) is 0 Å². The summed E-state index contributed by atoms with van der Waals surface area (Å²) in [6, 6.07) is 5.66. The maximum atomic E-state index is 12.4. The van der Waals surface area contributed by atoms with Gasteiger partial charge in [0.05, 0.1) is 11.3 Å². The number of carbonyl (C=O) groups is 2. The average molecular weight is 340 g/mol. The highest BCUT2D eigenvalue weighted by Gasteiger charge is 2.25. The lowest BCUT2D eigenvalue weighted by atomic mass is 10.0. The normalized spacial score (nSPS) is 16.3. The molecule has 1 saturated heterocycles. The van der Waals surface area contributed by atoms with Crippen LogP contribution < -0.4 is 4.72 Å². The van der Waals surface area contributed by atoms with Crippen molar-refractivity contribution >= 4 is 21.9 Å². The fourth-order valence-corrected chi connectivity index (χ4v) is 3.39. The van der Waals surface area contributed by atoms with Crippen molar-refractivity contribution in [3.8, 4) is 0 Å². The lowest BCUT2D eigenvalue weighted by Crippen LogP contribution is -2.46. The maximum Gasteiger partial charge on any atom is 0.335 e. The molecule has 0 unspecified atom stereocenters. The molecule has 8 heteroatoms. The molecule has 1 aliphatic heterocycles. The molecule has 0 atom stereocenters. The van der Waals surface area contributed by atoms with Crippen molar-refractivity contribution in [2.75, 3.05) is 18.8 Å². The predicted octanol–water partition coefficient (Wildman–Crippen LogP) is 0.929. The molecule has 1 heterocycles. The number of benzene rings is 1. The highest BCUT2D eigenvalue weighted by Crippen LogP contribution is 2.15. The first kappa shape index (κ1) is 17.4. The third-order valence-electron chi connectivity index (χ3n) is 3.89. The van der Waals surface area contributed by atoms with Gasteiger partial charge in [0.1, 0.15) is 0 Å². The summed E-state index contributed by atoms with van der Waals surface area (Å²) in [6.07, 6.45) is 1.14. The summed E-state index contributed by atoms with van der Waals surface area (Å²) in [5.41, 5.74) is 0.566. The highest BCUT2D eigenvalue weighted by atomic mass is 32.2. The van der Waals surface area contributed by atoms with E-state index in [9.17, 15) is 18.0 Å². The molecule has 0 aromatic heterocycles.